The summed E-state index contributed by atoms with van der Waals surface area (Å²) in [5.41, 5.74) is 7.46. The Balaban J connectivity index is 2.03. The molecule has 4 nitrogen and oxygen atoms in total. The number of aromatic nitrogens is 1. The number of aryl methyl sites for hydroxylation is 1. The Kier molecular flexibility index (Phi) is 3.52. The van der Waals surface area contributed by atoms with E-state index in [2.05, 4.69) is 28.9 Å². The predicted octanol–water partition coefficient (Wildman–Crippen LogP) is 1.50. The molecule has 0 aliphatic carbocycles. The van der Waals surface area contributed by atoms with Crippen LogP contribution in [-0.4, -0.2) is 43.1 Å². The van der Waals surface area contributed by atoms with Gasteiger partial charge in [0.15, 0.2) is 0 Å². The fraction of sp³-hybridized carbons (Fsp3) is 0.615. The van der Waals surface area contributed by atoms with Gasteiger partial charge in [-0.2, -0.15) is 0 Å². The molecule has 1 saturated heterocycles. The number of hydrogen-bond donors (Lipinski definition) is 1. The summed E-state index contributed by atoms with van der Waals surface area (Å²) in [6.45, 7) is 4.20. The Morgan fingerprint density at radius 2 is 2.29 bits per heavy atom. The second-order valence-electron chi connectivity index (χ2n) is 5.00. The van der Waals surface area contributed by atoms with Gasteiger partial charge in [0.25, 0.3) is 0 Å². The van der Waals surface area contributed by atoms with Crippen molar-refractivity contribution in [1.82, 2.24) is 9.88 Å². The molecule has 0 aromatic carbocycles. The van der Waals surface area contributed by atoms with E-state index >= 15 is 0 Å². The highest BCUT2D eigenvalue weighted by molar-refractivity contribution is 5.50. The van der Waals surface area contributed by atoms with Crippen molar-refractivity contribution in [2.24, 2.45) is 0 Å². The molecular formula is C13H22N4. The molecule has 94 valence electrons. The van der Waals surface area contributed by atoms with Crippen LogP contribution in [0.3, 0.4) is 0 Å². The lowest BCUT2D eigenvalue weighted by atomic mass is 10.2. The van der Waals surface area contributed by atoms with Gasteiger partial charge in [-0.15, -0.1) is 0 Å². The van der Waals surface area contributed by atoms with Crippen molar-refractivity contribution >= 4 is 11.5 Å². The second kappa shape index (κ2) is 4.92. The van der Waals surface area contributed by atoms with Crippen molar-refractivity contribution in [3.63, 3.8) is 0 Å². The van der Waals surface area contributed by atoms with Crippen molar-refractivity contribution < 1.29 is 0 Å². The minimum atomic E-state index is 0.652. The zero-order valence-corrected chi connectivity index (χ0v) is 11.0. The molecule has 17 heavy (non-hydrogen) atoms. The van der Waals surface area contributed by atoms with Gasteiger partial charge >= 0.3 is 0 Å². The number of likely N-dealkylation sites (tertiary alicyclic amines) is 1. The van der Waals surface area contributed by atoms with E-state index in [1.807, 2.05) is 19.1 Å². The zero-order valence-electron chi connectivity index (χ0n) is 11.0. The molecule has 2 heterocycles. The standard InChI is InChI=1S/C13H22N4/c1-10-12(14)6-7-13(15-10)17(3)9-11-5-4-8-16(11)2/h6-7,11H,4-5,8-9,14H2,1-3H3. The molecule has 0 saturated carbocycles. The van der Waals surface area contributed by atoms with Gasteiger partial charge < -0.3 is 15.5 Å². The Hall–Kier alpha value is -1.29. The first-order valence-corrected chi connectivity index (χ1v) is 6.22. The molecule has 1 aliphatic heterocycles. The predicted molar refractivity (Wildman–Crippen MR) is 72.3 cm³/mol. The second-order valence-corrected chi connectivity index (χ2v) is 5.00. The van der Waals surface area contributed by atoms with Gasteiger partial charge in [-0.05, 0) is 45.5 Å². The number of nitrogens with two attached hydrogens (primary N) is 1. The van der Waals surface area contributed by atoms with Crippen molar-refractivity contribution in [3.8, 4) is 0 Å². The van der Waals surface area contributed by atoms with Crippen LogP contribution in [0.25, 0.3) is 0 Å². The van der Waals surface area contributed by atoms with Gasteiger partial charge in [0.1, 0.15) is 5.82 Å². The summed E-state index contributed by atoms with van der Waals surface area (Å²) in [6, 6.07) is 4.59. The quantitative estimate of drug-likeness (QED) is 0.861. The summed E-state index contributed by atoms with van der Waals surface area (Å²) < 4.78 is 0. The van der Waals surface area contributed by atoms with E-state index in [9.17, 15) is 0 Å². The maximum absolute atomic E-state index is 5.79. The molecule has 1 aromatic heterocycles. The molecule has 0 amide bonds. The van der Waals surface area contributed by atoms with Crippen LogP contribution in [0.2, 0.25) is 0 Å². The fourth-order valence-corrected chi connectivity index (χ4v) is 2.39. The number of nitrogens with zero attached hydrogens (tertiary/aromatic N) is 3. The number of pyridine rings is 1. The van der Waals surface area contributed by atoms with Gasteiger partial charge in [-0.25, -0.2) is 4.98 Å². The molecule has 0 spiro atoms. The highest BCUT2D eigenvalue weighted by Gasteiger charge is 2.22. The molecule has 4 heteroatoms. The third-order valence-corrected chi connectivity index (χ3v) is 3.66. The van der Waals surface area contributed by atoms with Gasteiger partial charge in [0.2, 0.25) is 0 Å². The van der Waals surface area contributed by atoms with Crippen molar-refractivity contribution in [3.05, 3.63) is 17.8 Å². The average molecular weight is 234 g/mol. The lowest BCUT2D eigenvalue weighted by Crippen LogP contribution is -2.37. The number of rotatable bonds is 3. The molecule has 1 unspecified atom stereocenters. The summed E-state index contributed by atoms with van der Waals surface area (Å²) in [6.07, 6.45) is 2.60. The summed E-state index contributed by atoms with van der Waals surface area (Å²) in [7, 11) is 4.30. The van der Waals surface area contributed by atoms with E-state index in [0.29, 0.717) is 6.04 Å². The lowest BCUT2D eigenvalue weighted by molar-refractivity contribution is 0.314. The van der Waals surface area contributed by atoms with Crippen LogP contribution in [0.4, 0.5) is 11.5 Å². The van der Waals surface area contributed by atoms with Crippen LogP contribution >= 0.6 is 0 Å². The van der Waals surface area contributed by atoms with E-state index in [-0.39, 0.29) is 0 Å². The summed E-state index contributed by atoms with van der Waals surface area (Å²) in [4.78, 5) is 9.17. The Labute approximate surface area is 103 Å². The molecule has 1 aromatic rings. The average Bonchev–Trinajstić information content (AvgIpc) is 2.68. The minimum absolute atomic E-state index is 0.652. The first-order chi connectivity index (χ1) is 8.08. The normalized spacial score (nSPS) is 20.8. The van der Waals surface area contributed by atoms with E-state index in [1.165, 1.54) is 19.4 Å². The van der Waals surface area contributed by atoms with Gasteiger partial charge in [-0.3, -0.25) is 0 Å². The largest absolute Gasteiger partial charge is 0.397 e. The van der Waals surface area contributed by atoms with Crippen molar-refractivity contribution in [2.75, 3.05) is 37.8 Å². The monoisotopic (exact) mass is 234 g/mol. The third kappa shape index (κ3) is 2.69. The molecule has 1 aliphatic rings. The molecule has 0 radical (unpaired) electrons. The molecular weight excluding hydrogens is 212 g/mol. The summed E-state index contributed by atoms with van der Waals surface area (Å²) in [5, 5.41) is 0. The van der Waals surface area contributed by atoms with Crippen LogP contribution in [0.5, 0.6) is 0 Å². The molecule has 2 rings (SSSR count). The van der Waals surface area contributed by atoms with Gasteiger partial charge in [-0.1, -0.05) is 0 Å². The number of anilines is 2. The third-order valence-electron chi connectivity index (χ3n) is 3.66. The first kappa shape index (κ1) is 12.2. The van der Waals surface area contributed by atoms with Crippen molar-refractivity contribution in [1.29, 1.82) is 0 Å². The minimum Gasteiger partial charge on any atom is -0.397 e. The van der Waals surface area contributed by atoms with Crippen LogP contribution in [0.1, 0.15) is 18.5 Å². The molecule has 1 atom stereocenters. The van der Waals surface area contributed by atoms with Crippen molar-refractivity contribution in [2.45, 2.75) is 25.8 Å². The summed E-state index contributed by atoms with van der Waals surface area (Å²) >= 11 is 0. The van der Waals surface area contributed by atoms with E-state index < -0.39 is 0 Å². The number of hydrogen-bond acceptors (Lipinski definition) is 4. The maximum Gasteiger partial charge on any atom is 0.128 e. The molecule has 2 N–H and O–H groups in total. The Morgan fingerprint density at radius 3 is 2.88 bits per heavy atom. The van der Waals surface area contributed by atoms with Crippen LogP contribution in [0, 0.1) is 6.92 Å². The molecule has 1 fully saturated rings. The van der Waals surface area contributed by atoms with Crippen LogP contribution < -0.4 is 10.6 Å². The van der Waals surface area contributed by atoms with Crippen LogP contribution in [0.15, 0.2) is 12.1 Å². The first-order valence-electron chi connectivity index (χ1n) is 6.22. The van der Waals surface area contributed by atoms with Gasteiger partial charge in [0.05, 0.1) is 11.4 Å². The highest BCUT2D eigenvalue weighted by atomic mass is 15.2. The number of nitrogen functional groups attached to an aromatic ring is 1. The Morgan fingerprint density at radius 1 is 1.53 bits per heavy atom. The smallest absolute Gasteiger partial charge is 0.128 e. The number of likely N-dealkylation sites (N-methyl/N-ethyl adjacent to an activating group) is 2. The Bertz CT molecular complexity index is 391. The van der Waals surface area contributed by atoms with Crippen LogP contribution in [-0.2, 0) is 0 Å². The van der Waals surface area contributed by atoms with E-state index in [1.54, 1.807) is 0 Å². The highest BCUT2D eigenvalue weighted by Crippen LogP contribution is 2.19. The van der Waals surface area contributed by atoms with Gasteiger partial charge in [0, 0.05) is 19.6 Å². The molecule has 0 bridgehead atoms. The maximum atomic E-state index is 5.79. The summed E-state index contributed by atoms with van der Waals surface area (Å²) in [5.74, 6) is 1.01. The zero-order chi connectivity index (χ0) is 12.4. The SMILES string of the molecule is Cc1nc(N(C)CC2CCCN2C)ccc1N. The lowest BCUT2D eigenvalue weighted by Gasteiger charge is -2.26. The topological polar surface area (TPSA) is 45.4 Å². The fourth-order valence-electron chi connectivity index (χ4n) is 2.39. The van der Waals surface area contributed by atoms with E-state index in [4.69, 9.17) is 5.73 Å². The van der Waals surface area contributed by atoms with E-state index in [0.717, 1.165) is 23.7 Å².